The van der Waals surface area contributed by atoms with Crippen LogP contribution in [0.25, 0.3) is 0 Å². The van der Waals surface area contributed by atoms with E-state index in [1.165, 1.54) is 16.9 Å². The van der Waals surface area contributed by atoms with Crippen molar-refractivity contribution < 1.29 is 4.74 Å². The van der Waals surface area contributed by atoms with Gasteiger partial charge in [-0.1, -0.05) is 18.5 Å². The van der Waals surface area contributed by atoms with Crippen LogP contribution in [0.5, 0.6) is 0 Å². The molecular weight excluding hydrogens is 382 g/mol. The summed E-state index contributed by atoms with van der Waals surface area (Å²) in [6, 6.07) is 12.7. The van der Waals surface area contributed by atoms with E-state index in [1.54, 1.807) is 0 Å². The second-order valence-electron chi connectivity index (χ2n) is 8.78. The molecule has 2 aliphatic rings. The Morgan fingerprint density at radius 3 is 2.52 bits per heavy atom. The van der Waals surface area contributed by atoms with Crippen LogP contribution in [-0.2, 0) is 4.74 Å². The molecule has 0 spiro atoms. The highest BCUT2D eigenvalue weighted by Crippen LogP contribution is 2.44. The minimum Gasteiger partial charge on any atom is -0.378 e. The summed E-state index contributed by atoms with van der Waals surface area (Å²) in [6.45, 7) is 10.3. The third-order valence-electron chi connectivity index (χ3n) is 6.33. The number of fused-ring (bicyclic) bond motifs is 1. The molecule has 0 radical (unpaired) electrons. The largest absolute Gasteiger partial charge is 0.378 e. The van der Waals surface area contributed by atoms with Crippen molar-refractivity contribution in [1.82, 2.24) is 0 Å². The van der Waals surface area contributed by atoms with E-state index in [0.29, 0.717) is 5.92 Å². The zero-order chi connectivity index (χ0) is 20.6. The first-order valence-electron chi connectivity index (χ1n) is 10.4. The summed E-state index contributed by atoms with van der Waals surface area (Å²) in [5.41, 5.74) is 5.84. The van der Waals surface area contributed by atoms with Gasteiger partial charge in [0.1, 0.15) is 0 Å². The Balaban J connectivity index is 1.55. The van der Waals surface area contributed by atoms with E-state index in [1.807, 2.05) is 6.21 Å². The minimum absolute atomic E-state index is 0.133. The lowest BCUT2D eigenvalue weighted by atomic mass is 9.80. The minimum atomic E-state index is 0.133. The van der Waals surface area contributed by atoms with Crippen LogP contribution in [0.1, 0.15) is 44.2 Å². The van der Waals surface area contributed by atoms with Gasteiger partial charge >= 0.3 is 0 Å². The van der Waals surface area contributed by atoms with Crippen LogP contribution in [0.4, 0.5) is 17.1 Å². The van der Waals surface area contributed by atoms with Crippen molar-refractivity contribution in [3.05, 3.63) is 52.5 Å². The monoisotopic (exact) mass is 411 g/mol. The third kappa shape index (κ3) is 4.15. The molecule has 4 nitrogen and oxygen atoms in total. The van der Waals surface area contributed by atoms with Crippen molar-refractivity contribution in [3.63, 3.8) is 0 Å². The van der Waals surface area contributed by atoms with Crippen molar-refractivity contribution in [3.8, 4) is 0 Å². The van der Waals surface area contributed by atoms with Crippen LogP contribution in [0.15, 0.2) is 41.4 Å². The Morgan fingerprint density at radius 2 is 1.83 bits per heavy atom. The number of benzene rings is 2. The smallest absolute Gasteiger partial charge is 0.0642 e. The average molecular weight is 412 g/mol. The Hall–Kier alpha value is -2.04. The first kappa shape index (κ1) is 20.2. The first-order chi connectivity index (χ1) is 13.8. The molecule has 154 valence electrons. The van der Waals surface area contributed by atoms with Gasteiger partial charge in [0.2, 0.25) is 0 Å². The van der Waals surface area contributed by atoms with Crippen LogP contribution in [-0.4, -0.2) is 45.1 Å². The number of hydrogen-bond donors (Lipinski definition) is 0. The SMILES string of the molecule is C[C@@H]1CC(C)(C)N(C)c2cc(Cl)c(C=Nc3ccc(N4CCOCC4)cc3)cc21. The van der Waals surface area contributed by atoms with E-state index in [9.17, 15) is 0 Å². The topological polar surface area (TPSA) is 28.1 Å². The molecule has 2 heterocycles. The summed E-state index contributed by atoms with van der Waals surface area (Å²) >= 11 is 6.62. The van der Waals surface area contributed by atoms with E-state index in [-0.39, 0.29) is 5.54 Å². The van der Waals surface area contributed by atoms with Crippen LogP contribution in [0.2, 0.25) is 5.02 Å². The molecule has 0 amide bonds. The van der Waals surface area contributed by atoms with Gasteiger partial charge in [0, 0.05) is 48.8 Å². The molecule has 29 heavy (non-hydrogen) atoms. The van der Waals surface area contributed by atoms with Gasteiger partial charge in [0.05, 0.1) is 23.9 Å². The highest BCUT2D eigenvalue weighted by atomic mass is 35.5. The van der Waals surface area contributed by atoms with Gasteiger partial charge in [-0.3, -0.25) is 4.99 Å². The van der Waals surface area contributed by atoms with Crippen molar-refractivity contribution in [2.75, 3.05) is 43.2 Å². The predicted molar refractivity (Wildman–Crippen MR) is 124 cm³/mol. The number of anilines is 2. The Morgan fingerprint density at radius 1 is 1.14 bits per heavy atom. The van der Waals surface area contributed by atoms with Crippen molar-refractivity contribution >= 4 is 34.9 Å². The second-order valence-corrected chi connectivity index (χ2v) is 9.19. The molecule has 1 saturated heterocycles. The van der Waals surface area contributed by atoms with Crippen molar-refractivity contribution in [2.24, 2.45) is 4.99 Å². The van der Waals surface area contributed by atoms with Gasteiger partial charge in [-0.2, -0.15) is 0 Å². The average Bonchev–Trinajstić information content (AvgIpc) is 2.72. The highest BCUT2D eigenvalue weighted by molar-refractivity contribution is 6.33. The number of nitrogens with zero attached hydrogens (tertiary/aromatic N) is 3. The van der Waals surface area contributed by atoms with E-state index in [0.717, 1.165) is 49.0 Å². The zero-order valence-corrected chi connectivity index (χ0v) is 18.5. The molecule has 0 aliphatic carbocycles. The fraction of sp³-hybridized carbons (Fsp3) is 0.458. The molecule has 0 aromatic heterocycles. The first-order valence-corrected chi connectivity index (χ1v) is 10.8. The molecule has 2 aromatic carbocycles. The normalized spacial score (nSPS) is 21.5. The zero-order valence-electron chi connectivity index (χ0n) is 17.8. The molecule has 1 fully saturated rings. The summed E-state index contributed by atoms with van der Waals surface area (Å²) in [5.74, 6) is 0.494. The third-order valence-corrected chi connectivity index (χ3v) is 6.66. The molecule has 0 N–H and O–H groups in total. The van der Waals surface area contributed by atoms with E-state index >= 15 is 0 Å². The Kier molecular flexibility index (Phi) is 5.58. The predicted octanol–water partition coefficient (Wildman–Crippen LogP) is 5.65. The number of aliphatic imine (C=N–C) groups is 1. The Bertz CT molecular complexity index is 901. The number of hydrogen-bond acceptors (Lipinski definition) is 4. The maximum absolute atomic E-state index is 6.62. The molecule has 1 atom stereocenters. The van der Waals surface area contributed by atoms with Gasteiger partial charge in [-0.15, -0.1) is 0 Å². The lowest BCUT2D eigenvalue weighted by molar-refractivity contribution is 0.122. The fourth-order valence-corrected chi connectivity index (χ4v) is 4.63. The lowest BCUT2D eigenvalue weighted by Gasteiger charge is -2.45. The summed E-state index contributed by atoms with van der Waals surface area (Å²) in [4.78, 5) is 9.37. The molecule has 2 aliphatic heterocycles. The summed E-state index contributed by atoms with van der Waals surface area (Å²) < 4.78 is 5.43. The maximum Gasteiger partial charge on any atom is 0.0642 e. The molecule has 5 heteroatoms. The van der Waals surface area contributed by atoms with Crippen LogP contribution >= 0.6 is 11.6 Å². The van der Waals surface area contributed by atoms with Gasteiger partial charge in [0.25, 0.3) is 0 Å². The number of ether oxygens (including phenoxy) is 1. The molecule has 0 bridgehead atoms. The van der Waals surface area contributed by atoms with Gasteiger partial charge in [-0.05, 0) is 68.1 Å². The maximum atomic E-state index is 6.62. The van der Waals surface area contributed by atoms with Gasteiger partial charge < -0.3 is 14.5 Å². The second kappa shape index (κ2) is 8.00. The molecule has 4 rings (SSSR count). The number of halogens is 1. The van der Waals surface area contributed by atoms with Crippen LogP contribution in [0.3, 0.4) is 0 Å². The Labute approximate surface area is 179 Å². The molecular formula is C24H30ClN3O. The quantitative estimate of drug-likeness (QED) is 0.611. The summed E-state index contributed by atoms with van der Waals surface area (Å²) in [5, 5.41) is 0.745. The molecule has 2 aromatic rings. The van der Waals surface area contributed by atoms with Gasteiger partial charge in [0.15, 0.2) is 0 Å². The van der Waals surface area contributed by atoms with E-state index in [2.05, 4.69) is 79.0 Å². The highest BCUT2D eigenvalue weighted by Gasteiger charge is 2.34. The summed E-state index contributed by atoms with van der Waals surface area (Å²) in [6.07, 6.45) is 3.01. The fourth-order valence-electron chi connectivity index (χ4n) is 4.42. The van der Waals surface area contributed by atoms with Crippen molar-refractivity contribution in [1.29, 1.82) is 0 Å². The summed E-state index contributed by atoms with van der Waals surface area (Å²) in [7, 11) is 2.16. The lowest BCUT2D eigenvalue weighted by Crippen LogP contribution is -2.45. The van der Waals surface area contributed by atoms with Gasteiger partial charge in [-0.25, -0.2) is 0 Å². The molecule has 0 saturated carbocycles. The van der Waals surface area contributed by atoms with Crippen LogP contribution < -0.4 is 9.80 Å². The number of rotatable bonds is 3. The van der Waals surface area contributed by atoms with Crippen molar-refractivity contribution in [2.45, 2.75) is 38.6 Å². The van der Waals surface area contributed by atoms with E-state index in [4.69, 9.17) is 16.3 Å². The number of morpholine rings is 1. The van der Waals surface area contributed by atoms with E-state index < -0.39 is 0 Å². The van der Waals surface area contributed by atoms with Crippen LogP contribution in [0, 0.1) is 0 Å². The standard InChI is InChI=1S/C24H30ClN3O/c1-17-15-24(2,3)27(4)23-14-22(25)18(13-21(17)23)16-26-19-5-7-20(8-6-19)28-9-11-29-12-10-28/h5-8,13-14,16-17H,9-12,15H2,1-4H3/t17-/m1/s1. The molecule has 0 unspecified atom stereocenters.